The maximum Gasteiger partial charge on any atom is 0.341 e. The second kappa shape index (κ2) is 7.70. The van der Waals surface area contributed by atoms with Crippen LogP contribution in [0.25, 0.3) is 22.7 Å². The number of hydrogen-bond donors (Lipinski definition) is 1. The first kappa shape index (κ1) is 19.2. The molecule has 0 unspecified atom stereocenters. The van der Waals surface area contributed by atoms with Gasteiger partial charge in [0.2, 0.25) is 5.89 Å². The summed E-state index contributed by atoms with van der Waals surface area (Å²) in [6.07, 6.45) is 1.24. The zero-order chi connectivity index (χ0) is 21.3. The normalized spacial score (nSPS) is 10.9. The predicted molar refractivity (Wildman–Crippen MR) is 94.6 cm³/mol. The molecule has 0 aliphatic carbocycles. The van der Waals surface area contributed by atoms with Crippen LogP contribution in [0.3, 0.4) is 0 Å². The lowest BCUT2D eigenvalue weighted by Gasteiger charge is -2.07. The van der Waals surface area contributed by atoms with Crippen LogP contribution in [0.1, 0.15) is 0 Å². The number of fused-ring (bicyclic) bond motifs is 1. The molecule has 4 aromatic rings. The Hall–Kier alpha value is -4.15. The van der Waals surface area contributed by atoms with Crippen LogP contribution in [-0.2, 0) is 4.79 Å². The van der Waals surface area contributed by atoms with Crippen molar-refractivity contribution in [2.24, 2.45) is 0 Å². The number of aromatic nitrogens is 3. The van der Waals surface area contributed by atoms with Crippen LogP contribution < -0.4 is 9.47 Å². The van der Waals surface area contributed by atoms with Gasteiger partial charge in [-0.2, -0.15) is 4.98 Å². The lowest BCUT2D eigenvalue weighted by atomic mass is 10.2. The number of rotatable bonds is 6. The summed E-state index contributed by atoms with van der Waals surface area (Å²) in [5.41, 5.74) is 0.0264. The van der Waals surface area contributed by atoms with Crippen LogP contribution >= 0.6 is 0 Å². The molecule has 1 N–H and O–H groups in total. The number of benzene rings is 2. The molecule has 0 radical (unpaired) electrons. The van der Waals surface area contributed by atoms with Crippen LogP contribution in [0, 0.1) is 17.5 Å². The van der Waals surface area contributed by atoms with Crippen molar-refractivity contribution in [1.29, 1.82) is 0 Å². The molecule has 0 saturated heterocycles. The van der Waals surface area contributed by atoms with Crippen LogP contribution in [0.2, 0.25) is 0 Å². The third-order valence-electron chi connectivity index (χ3n) is 3.75. The van der Waals surface area contributed by atoms with Crippen molar-refractivity contribution in [3.63, 3.8) is 0 Å². The Morgan fingerprint density at radius 3 is 2.50 bits per heavy atom. The molecule has 0 saturated carbocycles. The molecule has 30 heavy (non-hydrogen) atoms. The van der Waals surface area contributed by atoms with E-state index in [-0.39, 0.29) is 34.4 Å². The van der Waals surface area contributed by atoms with Crippen LogP contribution in [0.4, 0.5) is 13.2 Å². The molecular weight excluding hydrogens is 407 g/mol. The molecule has 0 spiro atoms. The molecule has 2 aromatic heterocycles. The average molecular weight is 417 g/mol. The van der Waals surface area contributed by atoms with Gasteiger partial charge in [0.15, 0.2) is 35.6 Å². The topological polar surface area (TPSA) is 108 Å². The summed E-state index contributed by atoms with van der Waals surface area (Å²) in [6, 6.07) is 7.16. The van der Waals surface area contributed by atoms with Crippen LogP contribution in [0.5, 0.6) is 17.5 Å². The minimum Gasteiger partial charge on any atom is -0.479 e. The molecule has 0 aliphatic rings. The van der Waals surface area contributed by atoms with Gasteiger partial charge < -0.3 is 19.0 Å². The molecule has 4 rings (SSSR count). The number of ether oxygens (including phenoxy) is 2. The quantitative estimate of drug-likeness (QED) is 0.502. The van der Waals surface area contributed by atoms with E-state index in [9.17, 15) is 18.0 Å². The van der Waals surface area contributed by atoms with Gasteiger partial charge in [0, 0.05) is 5.56 Å². The summed E-state index contributed by atoms with van der Waals surface area (Å²) in [5, 5.41) is 8.56. The number of hydrogen-bond acceptors (Lipinski definition) is 7. The van der Waals surface area contributed by atoms with Crippen LogP contribution in [0.15, 0.2) is 47.0 Å². The molecule has 0 amide bonds. The van der Waals surface area contributed by atoms with Crippen molar-refractivity contribution in [2.75, 3.05) is 6.61 Å². The molecule has 0 atom stereocenters. The third kappa shape index (κ3) is 3.85. The summed E-state index contributed by atoms with van der Waals surface area (Å²) in [5.74, 6) is -5.38. The SMILES string of the molecule is O=C(O)COc1c(F)cc(-c2nc3cnc(Oc4ccccc4F)nc3o2)cc1F. The molecule has 0 bridgehead atoms. The van der Waals surface area contributed by atoms with Crippen molar-refractivity contribution in [3.05, 3.63) is 60.0 Å². The fraction of sp³-hybridized carbons (Fsp3) is 0.0526. The zero-order valence-electron chi connectivity index (χ0n) is 14.8. The van der Waals surface area contributed by atoms with E-state index in [1.807, 2.05) is 0 Å². The highest BCUT2D eigenvalue weighted by molar-refractivity contribution is 5.72. The van der Waals surface area contributed by atoms with E-state index in [1.54, 1.807) is 6.07 Å². The van der Waals surface area contributed by atoms with Crippen molar-refractivity contribution in [1.82, 2.24) is 15.0 Å². The fourth-order valence-corrected chi connectivity index (χ4v) is 2.47. The lowest BCUT2D eigenvalue weighted by Crippen LogP contribution is -2.11. The summed E-state index contributed by atoms with van der Waals surface area (Å²) < 4.78 is 57.2. The van der Waals surface area contributed by atoms with Gasteiger partial charge in [0.1, 0.15) is 5.52 Å². The number of nitrogens with zero attached hydrogens (tertiary/aromatic N) is 3. The highest BCUT2D eigenvalue weighted by atomic mass is 19.1. The van der Waals surface area contributed by atoms with Gasteiger partial charge in [-0.1, -0.05) is 12.1 Å². The number of carboxylic acid groups (broad SMARTS) is 1. The monoisotopic (exact) mass is 417 g/mol. The molecule has 0 aliphatic heterocycles. The largest absolute Gasteiger partial charge is 0.479 e. The van der Waals surface area contributed by atoms with E-state index in [2.05, 4.69) is 19.7 Å². The highest BCUT2D eigenvalue weighted by Gasteiger charge is 2.19. The lowest BCUT2D eigenvalue weighted by molar-refractivity contribution is -0.139. The summed E-state index contributed by atoms with van der Waals surface area (Å²) in [7, 11) is 0. The van der Waals surface area contributed by atoms with Crippen molar-refractivity contribution >= 4 is 17.2 Å². The Balaban J connectivity index is 1.64. The van der Waals surface area contributed by atoms with E-state index >= 15 is 0 Å². The van der Waals surface area contributed by atoms with E-state index < -0.39 is 35.8 Å². The smallest absolute Gasteiger partial charge is 0.341 e. The van der Waals surface area contributed by atoms with Crippen molar-refractivity contribution < 1.29 is 37.0 Å². The number of halogens is 3. The Kier molecular flexibility index (Phi) is 4.92. The molecular formula is C19H10F3N3O5. The first-order valence-corrected chi connectivity index (χ1v) is 8.30. The maximum atomic E-state index is 14.1. The summed E-state index contributed by atoms with van der Waals surface area (Å²) >= 11 is 0. The van der Waals surface area contributed by atoms with Gasteiger partial charge in [-0.05, 0) is 24.3 Å². The Morgan fingerprint density at radius 1 is 1.07 bits per heavy atom. The van der Waals surface area contributed by atoms with Crippen molar-refractivity contribution in [3.8, 4) is 29.0 Å². The first-order valence-electron chi connectivity index (χ1n) is 8.30. The van der Waals surface area contributed by atoms with E-state index in [0.29, 0.717) is 0 Å². The number of oxazole rings is 1. The molecule has 2 heterocycles. The zero-order valence-corrected chi connectivity index (χ0v) is 14.8. The van der Waals surface area contributed by atoms with Gasteiger partial charge in [-0.15, -0.1) is 0 Å². The van der Waals surface area contributed by atoms with Gasteiger partial charge in [0.25, 0.3) is 5.71 Å². The Bertz CT molecular complexity index is 1240. The molecule has 0 fully saturated rings. The average Bonchev–Trinajstić information content (AvgIpc) is 3.12. The predicted octanol–water partition coefficient (Wildman–Crippen LogP) is 3.96. The van der Waals surface area contributed by atoms with Crippen molar-refractivity contribution in [2.45, 2.75) is 0 Å². The third-order valence-corrected chi connectivity index (χ3v) is 3.75. The molecule has 2 aromatic carbocycles. The van der Waals surface area contributed by atoms with Gasteiger partial charge >= 0.3 is 12.0 Å². The minimum atomic E-state index is -1.39. The maximum absolute atomic E-state index is 14.1. The van der Waals surface area contributed by atoms with Crippen LogP contribution in [-0.4, -0.2) is 32.6 Å². The molecule has 8 nitrogen and oxygen atoms in total. The van der Waals surface area contributed by atoms with E-state index in [4.69, 9.17) is 14.3 Å². The second-order valence-electron chi connectivity index (χ2n) is 5.85. The first-order chi connectivity index (χ1) is 14.4. The van der Waals surface area contributed by atoms with E-state index in [1.165, 1.54) is 24.4 Å². The number of para-hydroxylation sites is 1. The van der Waals surface area contributed by atoms with Gasteiger partial charge in [-0.3, -0.25) is 0 Å². The minimum absolute atomic E-state index is 0.0571. The Labute approximate surface area is 165 Å². The number of aliphatic carboxylic acids is 1. The van der Waals surface area contributed by atoms with Gasteiger partial charge in [0.05, 0.1) is 6.20 Å². The highest BCUT2D eigenvalue weighted by Crippen LogP contribution is 2.31. The number of carboxylic acids is 1. The Morgan fingerprint density at radius 2 is 1.80 bits per heavy atom. The number of carbonyl (C=O) groups is 1. The summed E-state index contributed by atoms with van der Waals surface area (Å²) in [4.78, 5) is 22.4. The standard InChI is InChI=1S/C19H10F3N3O5/c20-10-3-1-2-4-14(10)29-19-23-7-13-18(25-19)30-17(24-13)9-5-11(21)16(12(22)6-9)28-8-15(26)27/h1-7H,8H2,(H,26,27). The fourth-order valence-electron chi connectivity index (χ4n) is 2.47. The summed E-state index contributed by atoms with van der Waals surface area (Å²) in [6.45, 7) is -0.906. The second-order valence-corrected chi connectivity index (χ2v) is 5.85. The van der Waals surface area contributed by atoms with Gasteiger partial charge in [-0.25, -0.2) is 27.9 Å². The molecule has 152 valence electrons. The van der Waals surface area contributed by atoms with E-state index in [0.717, 1.165) is 12.1 Å². The molecule has 11 heteroatoms.